The molecule has 0 radical (unpaired) electrons. The molecule has 6 rings (SSSR count). The van der Waals surface area contributed by atoms with E-state index >= 15 is 0 Å². The second-order valence-electron chi connectivity index (χ2n) is 10.3. The van der Waals surface area contributed by atoms with Crippen molar-refractivity contribution in [2.24, 2.45) is 0 Å². The van der Waals surface area contributed by atoms with E-state index in [2.05, 4.69) is 31.1 Å². The lowest BCUT2D eigenvalue weighted by Crippen LogP contribution is -2.54. The average molecular weight is 660 g/mol. The minimum Gasteiger partial charge on any atom is -0.322 e. The molecule has 1 aliphatic carbocycles. The van der Waals surface area contributed by atoms with Crippen LogP contribution in [0.4, 0.5) is 11.4 Å². The van der Waals surface area contributed by atoms with E-state index in [1.165, 1.54) is 9.78 Å². The zero-order valence-electron chi connectivity index (χ0n) is 23.0. The lowest BCUT2D eigenvalue weighted by Gasteiger charge is -2.29. The fourth-order valence-corrected chi connectivity index (χ4v) is 7.73. The molecule has 0 spiro atoms. The first-order valence-corrected chi connectivity index (χ1v) is 15.6. The molecule has 10 heteroatoms. The highest BCUT2D eigenvalue weighted by molar-refractivity contribution is 9.10. The number of carbonyl (C=O) groups excluding carboxylic acids is 3. The van der Waals surface area contributed by atoms with Gasteiger partial charge in [-0.1, -0.05) is 40.2 Å². The third-order valence-corrected chi connectivity index (χ3v) is 9.61. The summed E-state index contributed by atoms with van der Waals surface area (Å²) >= 11 is 10.4. The molecule has 0 bridgehead atoms. The first-order chi connectivity index (χ1) is 20.2. The number of aryl methyl sites for hydroxylation is 2. The number of para-hydroxylation sites is 1. The summed E-state index contributed by atoms with van der Waals surface area (Å²) in [5.74, 6) is -1.18. The summed E-state index contributed by atoms with van der Waals surface area (Å²) < 4.78 is 2.85. The Balaban J connectivity index is 1.42. The number of nitrogens with one attached hydrogen (secondary N) is 2. The number of hydrogen-bond donors (Lipinski definition) is 2. The summed E-state index contributed by atoms with van der Waals surface area (Å²) in [5.41, 5.74) is 5.52. The minimum absolute atomic E-state index is 0.0173. The van der Waals surface area contributed by atoms with Crippen molar-refractivity contribution in [1.29, 1.82) is 0 Å². The zero-order valence-corrected chi connectivity index (χ0v) is 26.2. The van der Waals surface area contributed by atoms with Crippen LogP contribution in [0.3, 0.4) is 0 Å². The van der Waals surface area contributed by atoms with Crippen LogP contribution in [0, 0.1) is 13.8 Å². The highest BCUT2D eigenvalue weighted by Gasteiger charge is 2.35. The number of anilines is 2. The largest absolute Gasteiger partial charge is 0.322 e. The van der Waals surface area contributed by atoms with E-state index in [1.54, 1.807) is 35.6 Å². The van der Waals surface area contributed by atoms with Gasteiger partial charge in [-0.3, -0.25) is 24.6 Å². The summed E-state index contributed by atoms with van der Waals surface area (Å²) in [6, 6.07) is 18.6. The molecule has 0 saturated carbocycles. The molecule has 1 saturated heterocycles. The Hall–Kier alpha value is -3.86. The molecule has 0 atom stereocenters. The molecular formula is C32H27BrN4O3S2. The molecule has 2 aromatic heterocycles. The van der Waals surface area contributed by atoms with E-state index in [-0.39, 0.29) is 16.6 Å². The minimum atomic E-state index is -0.546. The van der Waals surface area contributed by atoms with Gasteiger partial charge in [-0.2, -0.15) is 0 Å². The number of aromatic nitrogens is 1. The van der Waals surface area contributed by atoms with Crippen LogP contribution in [0.1, 0.15) is 50.6 Å². The van der Waals surface area contributed by atoms with Crippen LogP contribution < -0.4 is 15.5 Å². The van der Waals surface area contributed by atoms with Gasteiger partial charge in [-0.05, 0) is 105 Å². The van der Waals surface area contributed by atoms with Gasteiger partial charge in [0.2, 0.25) is 0 Å². The summed E-state index contributed by atoms with van der Waals surface area (Å²) in [6.45, 7) is 3.91. The monoisotopic (exact) mass is 658 g/mol. The predicted octanol–water partition coefficient (Wildman–Crippen LogP) is 6.88. The van der Waals surface area contributed by atoms with Crippen LogP contribution in [-0.2, 0) is 22.4 Å². The Labute approximate surface area is 261 Å². The van der Waals surface area contributed by atoms with Gasteiger partial charge in [0, 0.05) is 26.4 Å². The lowest BCUT2D eigenvalue weighted by atomic mass is 9.95. The quantitative estimate of drug-likeness (QED) is 0.139. The number of hydrogen-bond acceptors (Lipinski definition) is 5. The maximum Gasteiger partial charge on any atom is 0.270 e. The molecule has 212 valence electrons. The Morgan fingerprint density at radius 2 is 1.81 bits per heavy atom. The molecule has 1 fully saturated rings. The fraction of sp³-hybridized carbons (Fsp3) is 0.188. The number of halogens is 1. The lowest BCUT2D eigenvalue weighted by molar-refractivity contribution is -0.122. The normalized spacial score (nSPS) is 16.0. The fourth-order valence-electron chi connectivity index (χ4n) is 5.57. The number of fused-ring (bicyclic) bond motifs is 1. The van der Waals surface area contributed by atoms with Crippen molar-refractivity contribution in [2.45, 2.75) is 39.5 Å². The maximum absolute atomic E-state index is 13.8. The van der Waals surface area contributed by atoms with E-state index in [1.807, 2.05) is 56.3 Å². The van der Waals surface area contributed by atoms with E-state index < -0.39 is 11.8 Å². The summed E-state index contributed by atoms with van der Waals surface area (Å²) in [6.07, 6.45) is 5.56. The molecule has 2 aromatic carbocycles. The summed E-state index contributed by atoms with van der Waals surface area (Å²) in [4.78, 5) is 42.9. The van der Waals surface area contributed by atoms with Gasteiger partial charge in [-0.15, -0.1) is 11.3 Å². The van der Waals surface area contributed by atoms with Crippen LogP contribution in [-0.4, -0.2) is 27.4 Å². The van der Waals surface area contributed by atoms with Crippen molar-refractivity contribution in [2.75, 3.05) is 10.2 Å². The Bertz CT molecular complexity index is 1810. The van der Waals surface area contributed by atoms with Gasteiger partial charge in [0.1, 0.15) is 10.6 Å². The van der Waals surface area contributed by atoms with Crippen molar-refractivity contribution in [3.05, 3.63) is 104 Å². The van der Waals surface area contributed by atoms with Crippen LogP contribution in [0.5, 0.6) is 0 Å². The highest BCUT2D eigenvalue weighted by Crippen LogP contribution is 2.39. The standard InChI is InChI=1S/C32H27BrN4O3S2/c1-18-15-20(16-25-28(38)35-32(41)37(30(25)40)23-12-8-9-21(33)17-23)19(2)36(18)31-27(24-13-6-7-14-26(24)42-31)29(39)34-22-10-4-3-5-11-22/h3-5,8-12,15-17H,6-7,13-14H2,1-2H3,(H,34,39)(H,35,38,41). The van der Waals surface area contributed by atoms with Crippen molar-refractivity contribution >= 4 is 79.8 Å². The predicted molar refractivity (Wildman–Crippen MR) is 175 cm³/mol. The first-order valence-electron chi connectivity index (χ1n) is 13.6. The molecule has 3 heterocycles. The van der Waals surface area contributed by atoms with Crippen LogP contribution in [0.25, 0.3) is 11.1 Å². The Kier molecular flexibility index (Phi) is 7.69. The van der Waals surface area contributed by atoms with Gasteiger partial charge < -0.3 is 9.88 Å². The van der Waals surface area contributed by atoms with Crippen molar-refractivity contribution < 1.29 is 14.4 Å². The number of thiocarbonyl (C=S) groups is 1. The van der Waals surface area contributed by atoms with Gasteiger partial charge in [0.15, 0.2) is 5.11 Å². The van der Waals surface area contributed by atoms with Crippen LogP contribution >= 0.6 is 39.5 Å². The SMILES string of the molecule is Cc1cc(C=C2C(=O)NC(=S)N(c3cccc(Br)c3)C2=O)c(C)n1-c1sc2c(c1C(=O)Nc1ccccc1)CCCC2. The molecule has 2 N–H and O–H groups in total. The van der Waals surface area contributed by atoms with Crippen LogP contribution in [0.2, 0.25) is 0 Å². The molecule has 2 aliphatic rings. The molecule has 42 heavy (non-hydrogen) atoms. The van der Waals surface area contributed by atoms with E-state index in [9.17, 15) is 14.4 Å². The molecule has 1 aliphatic heterocycles. The van der Waals surface area contributed by atoms with Gasteiger partial charge in [-0.25, -0.2) is 0 Å². The molecule has 0 unspecified atom stereocenters. The van der Waals surface area contributed by atoms with Crippen molar-refractivity contribution in [1.82, 2.24) is 9.88 Å². The number of rotatable bonds is 5. The first kappa shape index (κ1) is 28.3. The van der Waals surface area contributed by atoms with Gasteiger partial charge in [0.25, 0.3) is 17.7 Å². The molecule has 7 nitrogen and oxygen atoms in total. The van der Waals surface area contributed by atoms with E-state index in [4.69, 9.17) is 12.2 Å². The average Bonchev–Trinajstić information content (AvgIpc) is 3.47. The third kappa shape index (κ3) is 5.14. The number of thiophene rings is 1. The van der Waals surface area contributed by atoms with Crippen molar-refractivity contribution in [3.8, 4) is 5.00 Å². The second kappa shape index (κ2) is 11.4. The third-order valence-electron chi connectivity index (χ3n) is 7.55. The second-order valence-corrected chi connectivity index (χ2v) is 12.7. The summed E-state index contributed by atoms with van der Waals surface area (Å²) in [7, 11) is 0. The Morgan fingerprint density at radius 1 is 1.05 bits per heavy atom. The zero-order chi connectivity index (χ0) is 29.5. The molecular weight excluding hydrogens is 632 g/mol. The number of carbonyl (C=O) groups is 3. The van der Waals surface area contributed by atoms with Gasteiger partial charge in [0.05, 0.1) is 11.3 Å². The molecule has 3 amide bonds. The maximum atomic E-state index is 13.8. The van der Waals surface area contributed by atoms with E-state index in [0.717, 1.165) is 57.8 Å². The number of benzene rings is 2. The summed E-state index contributed by atoms with van der Waals surface area (Å²) in [5, 5.41) is 6.62. The highest BCUT2D eigenvalue weighted by atomic mass is 79.9. The Morgan fingerprint density at radius 3 is 2.57 bits per heavy atom. The van der Waals surface area contributed by atoms with Gasteiger partial charge >= 0.3 is 0 Å². The number of nitrogens with zero attached hydrogens (tertiary/aromatic N) is 2. The number of amides is 3. The van der Waals surface area contributed by atoms with E-state index in [0.29, 0.717) is 16.8 Å². The van der Waals surface area contributed by atoms with Crippen LogP contribution in [0.15, 0.2) is 70.7 Å². The topological polar surface area (TPSA) is 83.4 Å². The molecule has 4 aromatic rings. The van der Waals surface area contributed by atoms with Crippen molar-refractivity contribution in [3.63, 3.8) is 0 Å². The smallest absolute Gasteiger partial charge is 0.270 e.